The summed E-state index contributed by atoms with van der Waals surface area (Å²) in [6, 6.07) is 0. The second kappa shape index (κ2) is 5.60. The summed E-state index contributed by atoms with van der Waals surface area (Å²) >= 11 is 0. The minimum Gasteiger partial charge on any atom is -0.481 e. The number of carboxylic acid groups (broad SMARTS) is 1. The van der Waals surface area contributed by atoms with E-state index in [1.165, 1.54) is 17.3 Å². The molecule has 1 N–H and O–H groups in total. The van der Waals surface area contributed by atoms with Crippen molar-refractivity contribution in [2.45, 2.75) is 33.2 Å². The fourth-order valence-electron chi connectivity index (χ4n) is 2.52. The van der Waals surface area contributed by atoms with Gasteiger partial charge in [-0.2, -0.15) is 5.10 Å². The van der Waals surface area contributed by atoms with Crippen molar-refractivity contribution in [3.63, 3.8) is 0 Å². The quantitative estimate of drug-likeness (QED) is 0.873. The van der Waals surface area contributed by atoms with Crippen molar-refractivity contribution in [2.75, 3.05) is 13.1 Å². The molecule has 2 heterocycles. The normalized spacial score (nSPS) is 19.9. The van der Waals surface area contributed by atoms with Gasteiger partial charge in [-0.1, -0.05) is 0 Å². The van der Waals surface area contributed by atoms with Crippen LogP contribution in [0, 0.1) is 11.3 Å². The van der Waals surface area contributed by atoms with Crippen LogP contribution < -0.4 is 0 Å². The molecule has 0 radical (unpaired) electrons. The van der Waals surface area contributed by atoms with Gasteiger partial charge in [0.05, 0.1) is 5.41 Å². The summed E-state index contributed by atoms with van der Waals surface area (Å²) in [7, 11) is 0. The Bertz CT molecular complexity index is 484. The fraction of sp³-hybridized carbons (Fsp3) is 0.692. The Hall–Kier alpha value is -1.92. The van der Waals surface area contributed by atoms with E-state index < -0.39 is 11.4 Å². The highest BCUT2D eigenvalue weighted by molar-refractivity contribution is 5.77. The SMILES string of the molecule is CC(C)(C(=O)O)C1CCCN(C(=O)Cn2cncn2)C1. The van der Waals surface area contributed by atoms with Crippen molar-refractivity contribution in [2.24, 2.45) is 11.3 Å². The fourth-order valence-corrected chi connectivity index (χ4v) is 2.52. The summed E-state index contributed by atoms with van der Waals surface area (Å²) < 4.78 is 1.48. The van der Waals surface area contributed by atoms with E-state index in [1.807, 2.05) is 0 Å². The van der Waals surface area contributed by atoms with Crippen molar-refractivity contribution in [1.82, 2.24) is 19.7 Å². The average molecular weight is 280 g/mol. The lowest BCUT2D eigenvalue weighted by atomic mass is 9.74. The number of carboxylic acids is 1. The first-order valence-corrected chi connectivity index (χ1v) is 6.75. The maximum absolute atomic E-state index is 12.2. The molecule has 7 nitrogen and oxygen atoms in total. The molecule has 1 fully saturated rings. The van der Waals surface area contributed by atoms with Crippen molar-refractivity contribution in [3.05, 3.63) is 12.7 Å². The van der Waals surface area contributed by atoms with Crippen LogP contribution in [0.2, 0.25) is 0 Å². The van der Waals surface area contributed by atoms with E-state index in [9.17, 15) is 14.7 Å². The summed E-state index contributed by atoms with van der Waals surface area (Å²) in [6.45, 7) is 4.78. The molecular weight excluding hydrogens is 260 g/mol. The van der Waals surface area contributed by atoms with E-state index in [-0.39, 0.29) is 18.4 Å². The van der Waals surface area contributed by atoms with Gasteiger partial charge in [0.25, 0.3) is 0 Å². The molecule has 1 aromatic heterocycles. The highest BCUT2D eigenvalue weighted by Gasteiger charge is 2.39. The van der Waals surface area contributed by atoms with E-state index in [0.29, 0.717) is 13.1 Å². The number of carbonyl (C=O) groups excluding carboxylic acids is 1. The monoisotopic (exact) mass is 280 g/mol. The van der Waals surface area contributed by atoms with Gasteiger partial charge >= 0.3 is 5.97 Å². The molecule has 1 amide bonds. The number of aliphatic carboxylic acids is 1. The minimum absolute atomic E-state index is 0.0200. The van der Waals surface area contributed by atoms with Crippen molar-refractivity contribution >= 4 is 11.9 Å². The van der Waals surface area contributed by atoms with Crippen LogP contribution in [-0.4, -0.2) is 49.7 Å². The number of aromatic nitrogens is 3. The molecule has 1 aliphatic heterocycles. The third-order valence-corrected chi connectivity index (χ3v) is 4.11. The Labute approximate surface area is 117 Å². The first-order chi connectivity index (χ1) is 9.41. The molecule has 110 valence electrons. The zero-order valence-corrected chi connectivity index (χ0v) is 11.8. The van der Waals surface area contributed by atoms with Gasteiger partial charge in [0.2, 0.25) is 5.91 Å². The highest BCUT2D eigenvalue weighted by Crippen LogP contribution is 2.34. The molecule has 7 heteroatoms. The van der Waals surface area contributed by atoms with E-state index in [4.69, 9.17) is 0 Å². The van der Waals surface area contributed by atoms with Crippen LogP contribution in [0.1, 0.15) is 26.7 Å². The summed E-state index contributed by atoms with van der Waals surface area (Å²) in [5, 5.41) is 13.2. The Morgan fingerprint density at radius 2 is 2.20 bits per heavy atom. The summed E-state index contributed by atoms with van der Waals surface area (Å²) in [5.41, 5.74) is -0.813. The molecule has 1 aromatic rings. The third kappa shape index (κ3) is 2.97. The van der Waals surface area contributed by atoms with E-state index >= 15 is 0 Å². The summed E-state index contributed by atoms with van der Waals surface area (Å²) in [6.07, 6.45) is 4.57. The van der Waals surface area contributed by atoms with Gasteiger partial charge in [0, 0.05) is 13.1 Å². The van der Waals surface area contributed by atoms with Crippen LogP contribution >= 0.6 is 0 Å². The number of piperidine rings is 1. The van der Waals surface area contributed by atoms with Crippen molar-refractivity contribution in [1.29, 1.82) is 0 Å². The third-order valence-electron chi connectivity index (χ3n) is 4.11. The largest absolute Gasteiger partial charge is 0.481 e. The van der Waals surface area contributed by atoms with Crippen LogP contribution in [0.15, 0.2) is 12.7 Å². The zero-order chi connectivity index (χ0) is 14.8. The first kappa shape index (κ1) is 14.5. The van der Waals surface area contributed by atoms with Crippen LogP contribution in [0.3, 0.4) is 0 Å². The maximum Gasteiger partial charge on any atom is 0.309 e. The Morgan fingerprint density at radius 1 is 1.45 bits per heavy atom. The molecule has 20 heavy (non-hydrogen) atoms. The van der Waals surface area contributed by atoms with E-state index in [1.54, 1.807) is 18.7 Å². The number of carbonyl (C=O) groups is 2. The predicted molar refractivity (Wildman–Crippen MR) is 70.7 cm³/mol. The first-order valence-electron chi connectivity index (χ1n) is 6.75. The predicted octanol–water partition coefficient (Wildman–Crippen LogP) is 0.627. The summed E-state index contributed by atoms with van der Waals surface area (Å²) in [5.74, 6) is -0.872. The van der Waals surface area contributed by atoms with E-state index in [2.05, 4.69) is 10.1 Å². The zero-order valence-electron chi connectivity index (χ0n) is 11.8. The van der Waals surface area contributed by atoms with Gasteiger partial charge in [-0.05, 0) is 32.6 Å². The van der Waals surface area contributed by atoms with Gasteiger partial charge in [0.1, 0.15) is 19.2 Å². The molecule has 1 aliphatic rings. The number of nitrogens with zero attached hydrogens (tertiary/aromatic N) is 4. The van der Waals surface area contributed by atoms with Crippen molar-refractivity contribution in [3.8, 4) is 0 Å². The molecule has 0 spiro atoms. The Morgan fingerprint density at radius 3 is 2.80 bits per heavy atom. The average Bonchev–Trinajstić information content (AvgIpc) is 2.91. The molecular formula is C13H20N4O3. The van der Waals surface area contributed by atoms with E-state index in [0.717, 1.165) is 12.8 Å². The standard InChI is InChI=1S/C13H20N4O3/c1-13(2,12(19)20)10-4-3-5-16(6-10)11(18)7-17-9-14-8-15-17/h8-10H,3-7H2,1-2H3,(H,19,20). The number of hydrogen-bond acceptors (Lipinski definition) is 4. The lowest BCUT2D eigenvalue weighted by molar-refractivity contribution is -0.153. The van der Waals surface area contributed by atoms with Crippen LogP contribution in [-0.2, 0) is 16.1 Å². The van der Waals surface area contributed by atoms with Crippen LogP contribution in [0.4, 0.5) is 0 Å². The van der Waals surface area contributed by atoms with Gasteiger partial charge in [-0.15, -0.1) is 0 Å². The van der Waals surface area contributed by atoms with Crippen molar-refractivity contribution < 1.29 is 14.7 Å². The minimum atomic E-state index is -0.813. The van der Waals surface area contributed by atoms with Crippen LogP contribution in [0.25, 0.3) is 0 Å². The van der Waals surface area contributed by atoms with Gasteiger partial charge < -0.3 is 10.0 Å². The second-order valence-corrected chi connectivity index (χ2v) is 5.80. The molecule has 1 saturated heterocycles. The molecule has 1 atom stereocenters. The lowest BCUT2D eigenvalue weighted by Crippen LogP contribution is -2.47. The summed E-state index contributed by atoms with van der Waals surface area (Å²) in [4.78, 5) is 29.1. The maximum atomic E-state index is 12.2. The Balaban J connectivity index is 2.00. The topological polar surface area (TPSA) is 88.3 Å². The Kier molecular flexibility index (Phi) is 4.06. The van der Waals surface area contributed by atoms with Crippen LogP contribution in [0.5, 0.6) is 0 Å². The molecule has 0 bridgehead atoms. The van der Waals surface area contributed by atoms with Gasteiger partial charge in [0.15, 0.2) is 0 Å². The molecule has 1 unspecified atom stereocenters. The highest BCUT2D eigenvalue weighted by atomic mass is 16.4. The lowest BCUT2D eigenvalue weighted by Gasteiger charge is -2.39. The molecule has 0 saturated carbocycles. The number of hydrogen-bond donors (Lipinski definition) is 1. The molecule has 0 aliphatic carbocycles. The molecule has 0 aromatic carbocycles. The number of likely N-dealkylation sites (tertiary alicyclic amines) is 1. The molecule has 2 rings (SSSR count). The number of rotatable bonds is 4. The smallest absolute Gasteiger partial charge is 0.309 e. The second-order valence-electron chi connectivity index (χ2n) is 5.80. The number of amides is 1. The van der Waals surface area contributed by atoms with Gasteiger partial charge in [-0.3, -0.25) is 9.59 Å². The van der Waals surface area contributed by atoms with Gasteiger partial charge in [-0.25, -0.2) is 9.67 Å².